The van der Waals surface area contributed by atoms with Gasteiger partial charge in [-0.25, -0.2) is 9.97 Å². The highest BCUT2D eigenvalue weighted by atomic mass is 16.5. The average Bonchev–Trinajstić information content (AvgIpc) is 3.07. The van der Waals surface area contributed by atoms with E-state index in [4.69, 9.17) is 4.74 Å². The van der Waals surface area contributed by atoms with Crippen LogP contribution < -0.4 is 4.90 Å². The fourth-order valence-electron chi connectivity index (χ4n) is 4.29. The molecule has 0 aromatic carbocycles. The van der Waals surface area contributed by atoms with Crippen LogP contribution in [0.5, 0.6) is 0 Å². The Morgan fingerprint density at radius 1 is 1.12 bits per heavy atom. The molecule has 5 nitrogen and oxygen atoms in total. The van der Waals surface area contributed by atoms with Crippen LogP contribution in [0.25, 0.3) is 11.0 Å². The van der Waals surface area contributed by atoms with Crippen molar-refractivity contribution in [1.29, 1.82) is 0 Å². The predicted octanol–water partition coefficient (Wildman–Crippen LogP) is 3.87. The smallest absolute Gasteiger partial charge is 0.143 e. The Balaban J connectivity index is 1.56. The molecule has 2 aliphatic rings. The number of nitrogens with one attached hydrogen (secondary N) is 1. The van der Waals surface area contributed by atoms with Crippen molar-refractivity contribution in [3.05, 3.63) is 18.1 Å². The normalized spacial score (nSPS) is 20.5. The number of rotatable bonds is 4. The van der Waals surface area contributed by atoms with Gasteiger partial charge < -0.3 is 14.6 Å². The van der Waals surface area contributed by atoms with E-state index in [0.717, 1.165) is 44.1 Å². The first kappa shape index (κ1) is 15.9. The molecule has 130 valence electrons. The molecule has 1 N–H and O–H groups in total. The highest BCUT2D eigenvalue weighted by molar-refractivity contribution is 5.88. The molecule has 1 aliphatic carbocycles. The fourth-order valence-corrected chi connectivity index (χ4v) is 4.29. The second-order valence-electron chi connectivity index (χ2n) is 7.46. The zero-order chi connectivity index (χ0) is 16.4. The third-order valence-corrected chi connectivity index (χ3v) is 5.70. The highest BCUT2D eigenvalue weighted by Crippen LogP contribution is 2.35. The molecule has 0 unspecified atom stereocenters. The maximum absolute atomic E-state index is 5.48. The summed E-state index contributed by atoms with van der Waals surface area (Å²) >= 11 is 0. The summed E-state index contributed by atoms with van der Waals surface area (Å²) in [6.45, 7) is 2.83. The van der Waals surface area contributed by atoms with Crippen LogP contribution in [0.15, 0.2) is 12.4 Å². The van der Waals surface area contributed by atoms with E-state index < -0.39 is 0 Å². The van der Waals surface area contributed by atoms with Gasteiger partial charge in [0.05, 0.1) is 5.39 Å². The van der Waals surface area contributed by atoms with Crippen LogP contribution in [0, 0.1) is 5.92 Å². The number of aromatic nitrogens is 3. The summed E-state index contributed by atoms with van der Waals surface area (Å²) in [5, 5.41) is 1.17. The zero-order valence-electron chi connectivity index (χ0n) is 14.6. The van der Waals surface area contributed by atoms with E-state index in [1.807, 2.05) is 0 Å². The van der Waals surface area contributed by atoms with Crippen molar-refractivity contribution >= 4 is 16.9 Å². The Kier molecular flexibility index (Phi) is 4.69. The van der Waals surface area contributed by atoms with Crippen LogP contribution in [-0.2, 0) is 4.74 Å². The number of aromatic amines is 1. The van der Waals surface area contributed by atoms with Gasteiger partial charge in [0.1, 0.15) is 17.8 Å². The quantitative estimate of drug-likeness (QED) is 0.926. The molecule has 0 atom stereocenters. The van der Waals surface area contributed by atoms with Gasteiger partial charge in [-0.1, -0.05) is 19.3 Å². The molecule has 24 heavy (non-hydrogen) atoms. The number of hydrogen-bond acceptors (Lipinski definition) is 4. The lowest BCUT2D eigenvalue weighted by Gasteiger charge is -2.28. The van der Waals surface area contributed by atoms with E-state index >= 15 is 0 Å². The second-order valence-corrected chi connectivity index (χ2v) is 7.46. The lowest BCUT2D eigenvalue weighted by atomic mass is 9.87. The monoisotopic (exact) mass is 328 g/mol. The van der Waals surface area contributed by atoms with Gasteiger partial charge in [0.2, 0.25) is 0 Å². The average molecular weight is 328 g/mol. The van der Waals surface area contributed by atoms with Crippen molar-refractivity contribution in [2.75, 3.05) is 31.7 Å². The van der Waals surface area contributed by atoms with Crippen LogP contribution in [0.4, 0.5) is 5.82 Å². The van der Waals surface area contributed by atoms with Gasteiger partial charge in [-0.15, -0.1) is 0 Å². The number of anilines is 1. The summed E-state index contributed by atoms with van der Waals surface area (Å²) in [7, 11) is 2.16. The van der Waals surface area contributed by atoms with Gasteiger partial charge >= 0.3 is 0 Å². The molecule has 5 heteroatoms. The van der Waals surface area contributed by atoms with E-state index in [1.54, 1.807) is 6.33 Å². The van der Waals surface area contributed by atoms with Crippen molar-refractivity contribution in [1.82, 2.24) is 15.0 Å². The van der Waals surface area contributed by atoms with Gasteiger partial charge in [0.15, 0.2) is 0 Å². The predicted molar refractivity (Wildman–Crippen MR) is 96.5 cm³/mol. The maximum atomic E-state index is 5.48. The van der Waals surface area contributed by atoms with Crippen LogP contribution in [0.3, 0.4) is 0 Å². The first-order valence-electron chi connectivity index (χ1n) is 9.44. The van der Waals surface area contributed by atoms with Crippen LogP contribution in [0.1, 0.15) is 56.6 Å². The molecule has 4 rings (SSSR count). The maximum Gasteiger partial charge on any atom is 0.143 e. The molecule has 0 spiro atoms. The first-order valence-corrected chi connectivity index (χ1v) is 9.44. The molecule has 1 saturated carbocycles. The molecule has 2 aromatic rings. The summed E-state index contributed by atoms with van der Waals surface area (Å²) in [6.07, 6.45) is 10.7. The third kappa shape index (κ3) is 3.27. The van der Waals surface area contributed by atoms with E-state index in [9.17, 15) is 0 Å². The largest absolute Gasteiger partial charge is 0.381 e. The van der Waals surface area contributed by atoms with E-state index in [2.05, 4.69) is 33.0 Å². The number of H-pyrrole nitrogens is 1. The molecule has 0 radical (unpaired) electrons. The van der Waals surface area contributed by atoms with Gasteiger partial charge in [-0.2, -0.15) is 0 Å². The van der Waals surface area contributed by atoms with Crippen LogP contribution in [-0.4, -0.2) is 41.8 Å². The fraction of sp³-hybridized carbons (Fsp3) is 0.684. The molecule has 3 heterocycles. The Morgan fingerprint density at radius 2 is 1.92 bits per heavy atom. The molecule has 2 aromatic heterocycles. The van der Waals surface area contributed by atoms with E-state index in [1.165, 1.54) is 43.2 Å². The lowest BCUT2D eigenvalue weighted by Crippen LogP contribution is -2.30. The molecule has 0 bridgehead atoms. The van der Waals surface area contributed by atoms with Crippen molar-refractivity contribution in [2.24, 2.45) is 5.92 Å². The number of fused-ring (bicyclic) bond motifs is 1. The van der Waals surface area contributed by atoms with Crippen molar-refractivity contribution in [3.63, 3.8) is 0 Å². The zero-order valence-corrected chi connectivity index (χ0v) is 14.6. The Labute approximate surface area is 143 Å². The number of nitrogens with zero attached hydrogens (tertiary/aromatic N) is 3. The third-order valence-electron chi connectivity index (χ3n) is 5.70. The van der Waals surface area contributed by atoms with Gasteiger partial charge in [-0.3, -0.25) is 0 Å². The van der Waals surface area contributed by atoms with Gasteiger partial charge in [0, 0.05) is 32.5 Å². The molecule has 0 amide bonds. The van der Waals surface area contributed by atoms with E-state index in [0.29, 0.717) is 11.8 Å². The molecule has 1 aliphatic heterocycles. The van der Waals surface area contributed by atoms with Gasteiger partial charge in [0.25, 0.3) is 0 Å². The summed E-state index contributed by atoms with van der Waals surface area (Å²) < 4.78 is 5.48. The van der Waals surface area contributed by atoms with Gasteiger partial charge in [-0.05, 0) is 43.6 Å². The molecular weight excluding hydrogens is 300 g/mol. The summed E-state index contributed by atoms with van der Waals surface area (Å²) in [5.41, 5.74) is 2.34. The topological polar surface area (TPSA) is 54.0 Å². The number of hydrogen-bond donors (Lipinski definition) is 1. The summed E-state index contributed by atoms with van der Waals surface area (Å²) in [6, 6.07) is 2.31. The lowest BCUT2D eigenvalue weighted by molar-refractivity contribution is 0.0685. The van der Waals surface area contributed by atoms with Crippen molar-refractivity contribution < 1.29 is 4.74 Å². The number of ether oxygens (including phenoxy) is 1. The molecule has 1 saturated heterocycles. The summed E-state index contributed by atoms with van der Waals surface area (Å²) in [5.74, 6) is 2.43. The Bertz CT molecular complexity index is 671. The Hall–Kier alpha value is -1.62. The standard InChI is InChI=1S/C19H28N4O/c1-23(12-14-7-9-24-10-8-14)19-16-11-17(15-5-3-2-4-6-15)22-18(16)20-13-21-19/h11,13-15H,2-10,12H2,1H3,(H,20,21,22). The van der Waals surface area contributed by atoms with Crippen molar-refractivity contribution in [2.45, 2.75) is 50.9 Å². The van der Waals surface area contributed by atoms with Crippen molar-refractivity contribution in [3.8, 4) is 0 Å². The Morgan fingerprint density at radius 3 is 2.71 bits per heavy atom. The minimum Gasteiger partial charge on any atom is -0.381 e. The minimum atomic E-state index is 0.668. The SMILES string of the molecule is CN(CC1CCOCC1)c1ncnc2[nH]c(C3CCCCC3)cc12. The molecular formula is C19H28N4O. The second kappa shape index (κ2) is 7.09. The first-order chi connectivity index (χ1) is 11.8. The van der Waals surface area contributed by atoms with E-state index in [-0.39, 0.29) is 0 Å². The van der Waals surface area contributed by atoms with Crippen LogP contribution >= 0.6 is 0 Å². The molecule has 2 fully saturated rings. The minimum absolute atomic E-state index is 0.668. The highest BCUT2D eigenvalue weighted by Gasteiger charge is 2.21. The van der Waals surface area contributed by atoms with Crippen LogP contribution in [0.2, 0.25) is 0 Å². The summed E-state index contributed by atoms with van der Waals surface area (Å²) in [4.78, 5) is 14.9.